The third-order valence-electron chi connectivity index (χ3n) is 11.2. The van der Waals surface area contributed by atoms with Gasteiger partial charge in [0.05, 0.1) is 0 Å². The van der Waals surface area contributed by atoms with Gasteiger partial charge >= 0.3 is 5.97 Å². The van der Waals surface area contributed by atoms with Crippen LogP contribution in [-0.4, -0.2) is 21.2 Å². The Morgan fingerprint density at radius 1 is 1.03 bits per heavy atom. The molecule has 2 nitrogen and oxygen atoms in total. The quantitative estimate of drug-likeness (QED) is 0.229. The van der Waals surface area contributed by atoms with E-state index in [1.165, 1.54) is 51.4 Å². The van der Waals surface area contributed by atoms with Crippen LogP contribution in [0.2, 0.25) is 0 Å². The zero-order valence-corrected chi connectivity index (χ0v) is 25.1. The van der Waals surface area contributed by atoms with Crippen LogP contribution < -0.4 is 0 Å². The summed E-state index contributed by atoms with van der Waals surface area (Å²) in [6.45, 7) is 14.1. The van der Waals surface area contributed by atoms with E-state index in [4.69, 9.17) is 4.74 Å². The number of fused-ring (bicyclic) bond motifs is 5. The topological polar surface area (TPSA) is 26.3 Å². The summed E-state index contributed by atoms with van der Waals surface area (Å²) in [5, 5.41) is 0. The Balaban J connectivity index is 1.51. The zero-order valence-electron chi connectivity index (χ0n) is 22.0. The Kier molecular flexibility index (Phi) is 7.80. The van der Waals surface area contributed by atoms with Gasteiger partial charge < -0.3 is 4.74 Å². The van der Waals surface area contributed by atoms with Gasteiger partial charge in [0, 0.05) is 22.5 Å². The summed E-state index contributed by atoms with van der Waals surface area (Å²) < 4.78 is 5.74. The molecule has 0 amide bonds. The number of rotatable bonds is 6. The number of esters is 1. The third kappa shape index (κ3) is 4.53. The highest BCUT2D eigenvalue weighted by Gasteiger charge is 2.67. The fourth-order valence-corrected chi connectivity index (χ4v) is 11.7. The molecule has 0 N–H and O–H groups in total. The van der Waals surface area contributed by atoms with Crippen LogP contribution in [0.1, 0.15) is 112 Å². The lowest BCUT2D eigenvalue weighted by atomic mass is 9.44. The molecule has 0 bridgehead atoms. The van der Waals surface area contributed by atoms with Crippen molar-refractivity contribution in [2.75, 3.05) is 0 Å². The van der Waals surface area contributed by atoms with Gasteiger partial charge in [-0.2, -0.15) is 0 Å². The smallest absolute Gasteiger partial charge is 0.302 e. The first kappa shape index (κ1) is 26.5. The molecule has 4 rings (SSSR count). The zero-order chi connectivity index (χ0) is 24.2. The van der Waals surface area contributed by atoms with Crippen LogP contribution in [0.4, 0.5) is 0 Å². The number of ether oxygens (including phenoxy) is 1. The second kappa shape index (κ2) is 9.71. The number of carbonyl (C=O) groups is 1. The van der Waals surface area contributed by atoms with Crippen LogP contribution in [0, 0.1) is 46.3 Å². The SMILES string of the molecule is CC(=O)O[C@H]1CC[C@]2(C)[C@H]3CC[C@]4(C)[C@@H]([C@H](C)CCCC(C)C)CC[C@H]4[C@@H]3C[C@H](Br)[C@@]2(Br)C1. The van der Waals surface area contributed by atoms with Crippen LogP contribution in [0.25, 0.3) is 0 Å². The van der Waals surface area contributed by atoms with Gasteiger partial charge in [0.1, 0.15) is 6.10 Å². The number of halogens is 2. The summed E-state index contributed by atoms with van der Waals surface area (Å²) in [5.41, 5.74) is 0.797. The highest BCUT2D eigenvalue weighted by molar-refractivity contribution is 9.12. The van der Waals surface area contributed by atoms with Gasteiger partial charge in [-0.05, 0) is 91.3 Å². The van der Waals surface area contributed by atoms with E-state index in [2.05, 4.69) is 66.5 Å². The highest BCUT2D eigenvalue weighted by Crippen LogP contribution is 2.71. The average Bonchev–Trinajstić information content (AvgIpc) is 3.07. The molecule has 0 radical (unpaired) electrons. The maximum absolute atomic E-state index is 11.7. The van der Waals surface area contributed by atoms with Crippen molar-refractivity contribution in [3.05, 3.63) is 0 Å². The maximum Gasteiger partial charge on any atom is 0.302 e. The second-order valence-corrected chi connectivity index (χ2v) is 15.9. The van der Waals surface area contributed by atoms with Gasteiger partial charge in [-0.1, -0.05) is 85.7 Å². The van der Waals surface area contributed by atoms with Gasteiger partial charge in [-0.25, -0.2) is 0 Å². The molecule has 0 heterocycles. The minimum atomic E-state index is -0.132. The molecular weight excluding hydrogens is 540 g/mol. The monoisotopic (exact) mass is 586 g/mol. The van der Waals surface area contributed by atoms with E-state index in [-0.39, 0.29) is 21.8 Å². The van der Waals surface area contributed by atoms with Gasteiger partial charge in [0.15, 0.2) is 0 Å². The second-order valence-electron chi connectivity index (χ2n) is 13.4. The van der Waals surface area contributed by atoms with Gasteiger partial charge in [0.25, 0.3) is 0 Å². The lowest BCUT2D eigenvalue weighted by Gasteiger charge is -2.66. The Bertz CT molecular complexity index is 724. The van der Waals surface area contributed by atoms with Crippen molar-refractivity contribution < 1.29 is 9.53 Å². The van der Waals surface area contributed by atoms with Crippen molar-refractivity contribution in [3.8, 4) is 0 Å². The normalized spacial score (nSPS) is 48.0. The number of alkyl halides is 2. The van der Waals surface area contributed by atoms with E-state index < -0.39 is 0 Å². The molecular formula is C29H48Br2O2. The lowest BCUT2D eigenvalue weighted by molar-refractivity contribution is -0.155. The molecule has 0 aromatic heterocycles. The largest absolute Gasteiger partial charge is 0.463 e. The molecule has 33 heavy (non-hydrogen) atoms. The third-order valence-corrected chi connectivity index (χ3v) is 14.8. The van der Waals surface area contributed by atoms with Crippen LogP contribution in [-0.2, 0) is 9.53 Å². The molecule has 0 spiro atoms. The Morgan fingerprint density at radius 3 is 2.42 bits per heavy atom. The number of hydrogen-bond acceptors (Lipinski definition) is 2. The lowest BCUT2D eigenvalue weighted by Crippen LogP contribution is -2.64. The maximum atomic E-state index is 11.7. The first-order valence-electron chi connectivity index (χ1n) is 13.9. The summed E-state index contributed by atoms with van der Waals surface area (Å²) in [4.78, 5) is 12.1. The molecule has 4 heteroatoms. The molecule has 4 aliphatic rings. The number of carbonyl (C=O) groups excluding carboxylic acids is 1. The minimum absolute atomic E-state index is 0.0232. The Hall–Kier alpha value is 0.430. The molecule has 0 saturated heterocycles. The van der Waals surface area contributed by atoms with Crippen LogP contribution >= 0.6 is 31.9 Å². The van der Waals surface area contributed by atoms with E-state index >= 15 is 0 Å². The molecule has 4 aliphatic carbocycles. The number of hydrogen-bond donors (Lipinski definition) is 0. The van der Waals surface area contributed by atoms with Crippen molar-refractivity contribution in [3.63, 3.8) is 0 Å². The standard InChI is InChI=1S/C29H48Br2O2/c1-18(2)8-7-9-19(3)23-10-11-24-22-16-26(30)29(31)17-21(33-20(4)32)12-15-28(29,6)25(22)13-14-27(23,24)5/h18-19,21-26H,7-17H2,1-6H3/t19-,21+,22+,23-,24+,25+,26+,27-,28-,29+/m1/s1. The summed E-state index contributed by atoms with van der Waals surface area (Å²) in [6.07, 6.45) is 14.3. The van der Waals surface area contributed by atoms with Crippen LogP contribution in [0.15, 0.2) is 0 Å². The summed E-state index contributed by atoms with van der Waals surface area (Å²) in [7, 11) is 0. The van der Waals surface area contributed by atoms with Crippen molar-refractivity contribution in [2.45, 2.75) is 127 Å². The fraction of sp³-hybridized carbons (Fsp3) is 0.966. The molecule has 0 aromatic carbocycles. The van der Waals surface area contributed by atoms with Gasteiger partial charge in [-0.15, -0.1) is 0 Å². The summed E-state index contributed by atoms with van der Waals surface area (Å²) >= 11 is 8.51. The van der Waals surface area contributed by atoms with E-state index in [1.807, 2.05) is 0 Å². The molecule has 190 valence electrons. The fourth-order valence-electron chi connectivity index (χ4n) is 9.51. The van der Waals surface area contributed by atoms with E-state index in [9.17, 15) is 4.79 Å². The van der Waals surface area contributed by atoms with Crippen molar-refractivity contribution in [1.29, 1.82) is 0 Å². The predicted octanol–water partition coefficient (Wildman–Crippen LogP) is 8.93. The van der Waals surface area contributed by atoms with Crippen LogP contribution in [0.3, 0.4) is 0 Å². The summed E-state index contributed by atoms with van der Waals surface area (Å²) in [6, 6.07) is 0. The molecule has 0 unspecified atom stereocenters. The van der Waals surface area contributed by atoms with Gasteiger partial charge in [0.2, 0.25) is 0 Å². The molecule has 10 atom stereocenters. The van der Waals surface area contributed by atoms with Crippen molar-refractivity contribution in [1.82, 2.24) is 0 Å². The van der Waals surface area contributed by atoms with Crippen molar-refractivity contribution in [2.24, 2.45) is 46.3 Å². The Morgan fingerprint density at radius 2 is 1.76 bits per heavy atom. The van der Waals surface area contributed by atoms with E-state index in [0.717, 1.165) is 54.8 Å². The van der Waals surface area contributed by atoms with E-state index in [0.29, 0.717) is 10.2 Å². The highest BCUT2D eigenvalue weighted by atomic mass is 79.9. The minimum Gasteiger partial charge on any atom is -0.463 e. The van der Waals surface area contributed by atoms with Crippen LogP contribution in [0.5, 0.6) is 0 Å². The molecule has 4 saturated carbocycles. The molecule has 4 fully saturated rings. The molecule has 0 aliphatic heterocycles. The van der Waals surface area contributed by atoms with Crippen molar-refractivity contribution >= 4 is 37.8 Å². The first-order valence-corrected chi connectivity index (χ1v) is 15.6. The first-order chi connectivity index (χ1) is 15.4. The summed E-state index contributed by atoms with van der Waals surface area (Å²) in [5.74, 6) is 4.98. The predicted molar refractivity (Wildman–Crippen MR) is 145 cm³/mol. The van der Waals surface area contributed by atoms with E-state index in [1.54, 1.807) is 6.92 Å². The molecule has 0 aromatic rings. The Labute approximate surface area is 220 Å². The average molecular weight is 589 g/mol. The van der Waals surface area contributed by atoms with Gasteiger partial charge in [-0.3, -0.25) is 4.79 Å².